The summed E-state index contributed by atoms with van der Waals surface area (Å²) in [6.45, 7) is 0.780. The van der Waals surface area contributed by atoms with Crippen molar-refractivity contribution in [3.63, 3.8) is 0 Å². The van der Waals surface area contributed by atoms with Gasteiger partial charge in [-0.15, -0.1) is 0 Å². The molecule has 1 amide bonds. The number of rotatable bonds is 6. The van der Waals surface area contributed by atoms with Crippen molar-refractivity contribution in [3.05, 3.63) is 47.3 Å². The lowest BCUT2D eigenvalue weighted by Crippen LogP contribution is -2.34. The first-order chi connectivity index (χ1) is 12.6. The van der Waals surface area contributed by atoms with E-state index in [4.69, 9.17) is 5.11 Å². The Hall–Kier alpha value is -2.98. The van der Waals surface area contributed by atoms with Crippen LogP contribution in [0.5, 0.6) is 0 Å². The van der Waals surface area contributed by atoms with Gasteiger partial charge in [-0.25, -0.2) is 18.3 Å². The number of carboxylic acid groups (broad SMARTS) is 1. The molecule has 146 valence electrons. The average Bonchev–Trinajstić information content (AvgIpc) is 3.05. The average molecular weight is 391 g/mol. The zero-order valence-electron chi connectivity index (χ0n) is 13.9. The Morgan fingerprint density at radius 3 is 2.26 bits per heavy atom. The van der Waals surface area contributed by atoms with Crippen molar-refractivity contribution < 1.29 is 36.6 Å². The van der Waals surface area contributed by atoms with Gasteiger partial charge in [0.2, 0.25) is 0 Å². The molecule has 1 aromatic heterocycles. The maximum absolute atomic E-state index is 13.2. The van der Waals surface area contributed by atoms with Crippen LogP contribution >= 0.6 is 0 Å². The van der Waals surface area contributed by atoms with Crippen molar-refractivity contribution in [2.45, 2.75) is 19.5 Å². The monoisotopic (exact) mass is 391 g/mol. The number of carboxylic acids is 1. The highest BCUT2D eigenvalue weighted by atomic mass is 19.4. The molecule has 0 aliphatic rings. The zero-order valence-corrected chi connectivity index (χ0v) is 13.9. The van der Waals surface area contributed by atoms with Crippen LogP contribution in [0.1, 0.15) is 33.3 Å². The summed E-state index contributed by atoms with van der Waals surface area (Å²) in [6, 6.07) is 4.57. The molecule has 0 aliphatic heterocycles. The van der Waals surface area contributed by atoms with Gasteiger partial charge in [0, 0.05) is 12.1 Å². The number of amides is 1. The second-order valence-electron chi connectivity index (χ2n) is 5.40. The van der Waals surface area contributed by atoms with Gasteiger partial charge in [-0.05, 0) is 31.2 Å². The molecular formula is C16H14F5N3O3. The molecule has 1 aromatic carbocycles. The Kier molecular flexibility index (Phi) is 5.82. The van der Waals surface area contributed by atoms with E-state index in [2.05, 4.69) is 5.10 Å². The van der Waals surface area contributed by atoms with Crippen LogP contribution in [0.4, 0.5) is 22.0 Å². The Labute approximate surface area is 149 Å². The Morgan fingerprint density at radius 2 is 1.81 bits per heavy atom. The number of aromatic carboxylic acids is 1. The number of aromatic nitrogens is 2. The number of hydrogen-bond acceptors (Lipinski definition) is 3. The predicted octanol–water partition coefficient (Wildman–Crippen LogP) is 3.32. The minimum Gasteiger partial charge on any atom is -0.478 e. The molecule has 0 radical (unpaired) electrons. The lowest BCUT2D eigenvalue weighted by molar-refractivity contribution is -0.143. The molecule has 0 atom stereocenters. The van der Waals surface area contributed by atoms with Crippen LogP contribution in [0.25, 0.3) is 5.69 Å². The van der Waals surface area contributed by atoms with Crippen molar-refractivity contribution in [1.29, 1.82) is 0 Å². The largest absolute Gasteiger partial charge is 0.478 e. The number of carbonyl (C=O) groups excluding carboxylic acids is 1. The van der Waals surface area contributed by atoms with Gasteiger partial charge in [0.1, 0.15) is 5.56 Å². The third-order valence-electron chi connectivity index (χ3n) is 3.65. The molecule has 6 nitrogen and oxygen atoms in total. The third-order valence-corrected chi connectivity index (χ3v) is 3.65. The van der Waals surface area contributed by atoms with Gasteiger partial charge < -0.3 is 10.0 Å². The Bertz CT molecular complexity index is 831. The van der Waals surface area contributed by atoms with Gasteiger partial charge >= 0.3 is 12.1 Å². The molecule has 0 bridgehead atoms. The SMILES string of the molecule is CCN(CC(F)F)C(=O)c1ccc(-n2ncc(C(=O)O)c2C(F)(F)F)cc1. The Balaban J connectivity index is 2.39. The molecule has 27 heavy (non-hydrogen) atoms. The summed E-state index contributed by atoms with van der Waals surface area (Å²) in [5.74, 6) is -2.49. The first-order valence-corrected chi connectivity index (χ1v) is 7.62. The molecular weight excluding hydrogens is 377 g/mol. The van der Waals surface area contributed by atoms with E-state index >= 15 is 0 Å². The highest BCUT2D eigenvalue weighted by Crippen LogP contribution is 2.33. The number of benzene rings is 1. The minimum absolute atomic E-state index is 0.000392. The van der Waals surface area contributed by atoms with Crippen LogP contribution in [0.3, 0.4) is 0 Å². The van der Waals surface area contributed by atoms with E-state index in [9.17, 15) is 31.5 Å². The molecule has 0 saturated heterocycles. The molecule has 2 rings (SSSR count). The predicted molar refractivity (Wildman–Crippen MR) is 83.1 cm³/mol. The standard InChI is InChI=1S/C16H14F5N3O3/c1-2-23(8-12(17)18)14(25)9-3-5-10(6-4-9)24-13(16(19,20)21)11(7-22-24)15(26)27/h3-7,12H,2,8H2,1H3,(H,26,27). The summed E-state index contributed by atoms with van der Waals surface area (Å²) in [4.78, 5) is 24.1. The molecule has 0 aliphatic carbocycles. The van der Waals surface area contributed by atoms with Crippen LogP contribution in [0.15, 0.2) is 30.5 Å². The van der Waals surface area contributed by atoms with Gasteiger partial charge in [0.15, 0.2) is 5.69 Å². The third kappa shape index (κ3) is 4.41. The number of alkyl halides is 5. The van der Waals surface area contributed by atoms with Crippen LogP contribution in [0.2, 0.25) is 0 Å². The first-order valence-electron chi connectivity index (χ1n) is 7.62. The van der Waals surface area contributed by atoms with Gasteiger partial charge in [-0.2, -0.15) is 18.3 Å². The quantitative estimate of drug-likeness (QED) is 0.767. The highest BCUT2D eigenvalue weighted by molar-refractivity contribution is 5.94. The van der Waals surface area contributed by atoms with Crippen LogP contribution in [0, 0.1) is 0 Å². The summed E-state index contributed by atoms with van der Waals surface area (Å²) < 4.78 is 65.0. The summed E-state index contributed by atoms with van der Waals surface area (Å²) in [5.41, 5.74) is -2.62. The smallest absolute Gasteiger partial charge is 0.434 e. The molecule has 0 unspecified atom stereocenters. The van der Waals surface area contributed by atoms with Crippen molar-refractivity contribution >= 4 is 11.9 Å². The van der Waals surface area contributed by atoms with Crippen molar-refractivity contribution in [1.82, 2.24) is 14.7 Å². The second-order valence-corrected chi connectivity index (χ2v) is 5.40. The van der Waals surface area contributed by atoms with E-state index in [1.807, 2.05) is 0 Å². The fourth-order valence-electron chi connectivity index (χ4n) is 2.42. The van der Waals surface area contributed by atoms with Gasteiger partial charge in [-0.3, -0.25) is 4.79 Å². The normalized spacial score (nSPS) is 11.7. The number of hydrogen-bond donors (Lipinski definition) is 1. The highest BCUT2D eigenvalue weighted by Gasteiger charge is 2.40. The second kappa shape index (κ2) is 7.72. The van der Waals surface area contributed by atoms with E-state index in [1.165, 1.54) is 6.92 Å². The van der Waals surface area contributed by atoms with Gasteiger partial charge in [0.05, 0.1) is 18.4 Å². The topological polar surface area (TPSA) is 75.4 Å². The van der Waals surface area contributed by atoms with E-state index in [0.717, 1.165) is 29.2 Å². The summed E-state index contributed by atoms with van der Waals surface area (Å²) in [5, 5.41) is 12.4. The summed E-state index contributed by atoms with van der Waals surface area (Å²) >= 11 is 0. The molecule has 1 N–H and O–H groups in total. The summed E-state index contributed by atoms with van der Waals surface area (Å²) in [7, 11) is 0. The van der Waals surface area contributed by atoms with E-state index in [1.54, 1.807) is 0 Å². The zero-order chi connectivity index (χ0) is 20.4. The summed E-state index contributed by atoms with van der Waals surface area (Å²) in [6.07, 6.45) is -7.12. The van der Waals surface area contributed by atoms with Crippen LogP contribution in [-0.2, 0) is 6.18 Å². The molecule has 0 spiro atoms. The van der Waals surface area contributed by atoms with Crippen LogP contribution in [-0.4, -0.2) is 51.2 Å². The van der Waals surface area contributed by atoms with Crippen molar-refractivity contribution in [3.8, 4) is 5.69 Å². The van der Waals surface area contributed by atoms with Gasteiger partial charge in [-0.1, -0.05) is 0 Å². The number of nitrogens with zero attached hydrogens (tertiary/aromatic N) is 3. The maximum atomic E-state index is 13.2. The van der Waals surface area contributed by atoms with Crippen LogP contribution < -0.4 is 0 Å². The fourth-order valence-corrected chi connectivity index (χ4v) is 2.42. The lowest BCUT2D eigenvalue weighted by Gasteiger charge is -2.20. The fraction of sp³-hybridized carbons (Fsp3) is 0.312. The molecule has 11 heteroatoms. The van der Waals surface area contributed by atoms with Crippen molar-refractivity contribution in [2.24, 2.45) is 0 Å². The maximum Gasteiger partial charge on any atom is 0.434 e. The molecule has 0 saturated carbocycles. The molecule has 0 fully saturated rings. The number of carbonyl (C=O) groups is 2. The Morgan fingerprint density at radius 1 is 1.22 bits per heavy atom. The van der Waals surface area contributed by atoms with E-state index in [-0.39, 0.29) is 17.8 Å². The van der Waals surface area contributed by atoms with E-state index < -0.39 is 42.3 Å². The number of halogens is 5. The molecule has 2 aromatic rings. The lowest BCUT2D eigenvalue weighted by atomic mass is 10.1. The molecule has 1 heterocycles. The van der Waals surface area contributed by atoms with Crippen molar-refractivity contribution in [2.75, 3.05) is 13.1 Å². The minimum atomic E-state index is -4.98. The first kappa shape index (κ1) is 20.3. The van der Waals surface area contributed by atoms with E-state index in [0.29, 0.717) is 10.9 Å². The van der Waals surface area contributed by atoms with Gasteiger partial charge in [0.25, 0.3) is 12.3 Å².